The van der Waals surface area contributed by atoms with Gasteiger partial charge in [0.2, 0.25) is 5.91 Å². The van der Waals surface area contributed by atoms with E-state index in [1.54, 1.807) is 6.08 Å². The zero-order valence-electron chi connectivity index (χ0n) is 10.9. The first-order valence-electron chi connectivity index (χ1n) is 6.46. The molecule has 1 aliphatic heterocycles. The SMILES string of the molecule is CCC(=CCN1CCC(CC(N)=O)CC1)C(=O)O. The average molecular weight is 254 g/mol. The van der Waals surface area contributed by atoms with E-state index in [4.69, 9.17) is 10.8 Å². The standard InChI is InChI=1S/C13H22N2O3/c1-2-11(13(17)18)5-8-15-6-3-10(4-7-15)9-12(14)16/h5,10H,2-4,6-9H2,1H3,(H2,14,16)(H,17,18). The van der Waals surface area contributed by atoms with E-state index in [0.717, 1.165) is 25.9 Å². The number of aliphatic carboxylic acids is 1. The van der Waals surface area contributed by atoms with Crippen molar-refractivity contribution in [3.05, 3.63) is 11.6 Å². The zero-order valence-corrected chi connectivity index (χ0v) is 10.9. The van der Waals surface area contributed by atoms with Crippen LogP contribution in [0.15, 0.2) is 11.6 Å². The third-order valence-electron chi connectivity index (χ3n) is 3.45. The molecule has 102 valence electrons. The Morgan fingerprint density at radius 1 is 1.39 bits per heavy atom. The molecule has 1 rings (SSSR count). The van der Waals surface area contributed by atoms with Gasteiger partial charge in [0.1, 0.15) is 0 Å². The molecule has 0 aromatic rings. The molecule has 0 bridgehead atoms. The van der Waals surface area contributed by atoms with E-state index in [-0.39, 0.29) is 5.91 Å². The van der Waals surface area contributed by atoms with Gasteiger partial charge in [0.05, 0.1) is 0 Å². The molecular formula is C13H22N2O3. The van der Waals surface area contributed by atoms with Crippen molar-refractivity contribution < 1.29 is 14.7 Å². The number of hydrogen-bond donors (Lipinski definition) is 2. The Bertz CT molecular complexity index is 331. The smallest absolute Gasteiger partial charge is 0.331 e. The summed E-state index contributed by atoms with van der Waals surface area (Å²) in [6.45, 7) is 4.34. The van der Waals surface area contributed by atoms with Crippen LogP contribution in [-0.4, -0.2) is 41.5 Å². The molecule has 0 unspecified atom stereocenters. The fraction of sp³-hybridized carbons (Fsp3) is 0.692. The van der Waals surface area contributed by atoms with Crippen molar-refractivity contribution in [2.24, 2.45) is 11.7 Å². The Balaban J connectivity index is 2.35. The van der Waals surface area contributed by atoms with Crippen LogP contribution in [0.5, 0.6) is 0 Å². The number of piperidine rings is 1. The van der Waals surface area contributed by atoms with E-state index >= 15 is 0 Å². The van der Waals surface area contributed by atoms with E-state index < -0.39 is 5.97 Å². The summed E-state index contributed by atoms with van der Waals surface area (Å²) >= 11 is 0. The molecule has 0 saturated carbocycles. The van der Waals surface area contributed by atoms with Gasteiger partial charge in [0.15, 0.2) is 0 Å². The molecule has 5 nitrogen and oxygen atoms in total. The highest BCUT2D eigenvalue weighted by Gasteiger charge is 2.20. The van der Waals surface area contributed by atoms with Gasteiger partial charge in [0, 0.05) is 18.5 Å². The summed E-state index contributed by atoms with van der Waals surface area (Å²) in [5, 5.41) is 8.91. The van der Waals surface area contributed by atoms with Crippen LogP contribution in [0, 0.1) is 5.92 Å². The quantitative estimate of drug-likeness (QED) is 0.692. The Morgan fingerprint density at radius 2 is 2.00 bits per heavy atom. The number of hydrogen-bond acceptors (Lipinski definition) is 3. The first-order valence-corrected chi connectivity index (χ1v) is 6.46. The van der Waals surface area contributed by atoms with Crippen LogP contribution in [0.1, 0.15) is 32.6 Å². The number of carbonyl (C=O) groups excluding carboxylic acids is 1. The number of carboxylic acids is 1. The number of nitrogens with zero attached hydrogens (tertiary/aromatic N) is 1. The molecule has 0 aliphatic carbocycles. The first kappa shape index (κ1) is 14.7. The van der Waals surface area contributed by atoms with Crippen molar-refractivity contribution in [1.29, 1.82) is 0 Å². The Hall–Kier alpha value is -1.36. The van der Waals surface area contributed by atoms with Gasteiger partial charge in [0.25, 0.3) is 0 Å². The molecule has 0 aromatic carbocycles. The van der Waals surface area contributed by atoms with Crippen molar-refractivity contribution >= 4 is 11.9 Å². The molecule has 3 N–H and O–H groups in total. The van der Waals surface area contributed by atoms with Crippen molar-refractivity contribution in [1.82, 2.24) is 4.90 Å². The second-order valence-electron chi connectivity index (χ2n) is 4.80. The third kappa shape index (κ3) is 4.87. The number of rotatable bonds is 6. The van der Waals surface area contributed by atoms with Gasteiger partial charge in [-0.3, -0.25) is 9.69 Å². The summed E-state index contributed by atoms with van der Waals surface area (Å²) in [5.41, 5.74) is 5.65. The van der Waals surface area contributed by atoms with Crippen LogP contribution in [0.4, 0.5) is 0 Å². The van der Waals surface area contributed by atoms with E-state index in [1.807, 2.05) is 6.92 Å². The van der Waals surface area contributed by atoms with Crippen LogP contribution in [-0.2, 0) is 9.59 Å². The molecule has 0 aromatic heterocycles. The van der Waals surface area contributed by atoms with E-state index in [9.17, 15) is 9.59 Å². The van der Waals surface area contributed by atoms with E-state index in [1.165, 1.54) is 0 Å². The maximum Gasteiger partial charge on any atom is 0.331 e. The number of carbonyl (C=O) groups is 2. The maximum absolute atomic E-state index is 10.8. The fourth-order valence-electron chi connectivity index (χ4n) is 2.28. The lowest BCUT2D eigenvalue weighted by Gasteiger charge is -2.30. The van der Waals surface area contributed by atoms with Crippen molar-refractivity contribution in [3.8, 4) is 0 Å². The minimum atomic E-state index is -0.832. The Labute approximate surface area is 108 Å². The molecular weight excluding hydrogens is 232 g/mol. The zero-order chi connectivity index (χ0) is 13.5. The van der Waals surface area contributed by atoms with Gasteiger partial charge < -0.3 is 10.8 Å². The molecule has 5 heteroatoms. The summed E-state index contributed by atoms with van der Waals surface area (Å²) in [5.74, 6) is -0.665. The summed E-state index contributed by atoms with van der Waals surface area (Å²) in [6, 6.07) is 0. The maximum atomic E-state index is 10.8. The number of nitrogens with two attached hydrogens (primary N) is 1. The highest BCUT2D eigenvalue weighted by molar-refractivity contribution is 5.86. The summed E-state index contributed by atoms with van der Waals surface area (Å²) in [4.78, 5) is 23.9. The predicted octanol–water partition coefficient (Wildman–Crippen LogP) is 0.995. The molecule has 0 spiro atoms. The number of primary amides is 1. The van der Waals surface area contributed by atoms with Crippen molar-refractivity contribution in [2.45, 2.75) is 32.6 Å². The predicted molar refractivity (Wildman–Crippen MR) is 69.0 cm³/mol. The first-order chi connectivity index (χ1) is 8.52. The lowest BCUT2D eigenvalue weighted by Crippen LogP contribution is -2.35. The van der Waals surface area contributed by atoms with Crippen LogP contribution < -0.4 is 5.73 Å². The minimum absolute atomic E-state index is 0.229. The van der Waals surface area contributed by atoms with E-state index in [0.29, 0.717) is 30.9 Å². The summed E-state index contributed by atoms with van der Waals surface area (Å²) in [6.07, 6.45) is 4.74. The molecule has 18 heavy (non-hydrogen) atoms. The van der Waals surface area contributed by atoms with Crippen molar-refractivity contribution in [2.75, 3.05) is 19.6 Å². The molecule has 1 saturated heterocycles. The monoisotopic (exact) mass is 254 g/mol. The third-order valence-corrected chi connectivity index (χ3v) is 3.45. The molecule has 1 fully saturated rings. The van der Waals surface area contributed by atoms with Gasteiger partial charge in [-0.25, -0.2) is 4.79 Å². The van der Waals surface area contributed by atoms with Crippen LogP contribution >= 0.6 is 0 Å². The lowest BCUT2D eigenvalue weighted by atomic mass is 9.93. The molecule has 1 aliphatic rings. The molecule has 1 heterocycles. The van der Waals surface area contributed by atoms with Gasteiger partial charge in [-0.2, -0.15) is 0 Å². The minimum Gasteiger partial charge on any atom is -0.478 e. The molecule has 1 amide bonds. The average Bonchev–Trinajstić information content (AvgIpc) is 2.31. The second kappa shape index (κ2) is 7.16. The Morgan fingerprint density at radius 3 is 2.44 bits per heavy atom. The highest BCUT2D eigenvalue weighted by Crippen LogP contribution is 2.20. The van der Waals surface area contributed by atoms with Gasteiger partial charge in [-0.1, -0.05) is 13.0 Å². The number of amides is 1. The van der Waals surface area contributed by atoms with Crippen LogP contribution in [0.3, 0.4) is 0 Å². The molecule has 0 radical (unpaired) electrons. The molecule has 0 atom stereocenters. The fourth-order valence-corrected chi connectivity index (χ4v) is 2.28. The van der Waals surface area contributed by atoms with E-state index in [2.05, 4.69) is 4.90 Å². The summed E-state index contributed by atoms with van der Waals surface area (Å²) < 4.78 is 0. The van der Waals surface area contributed by atoms with Gasteiger partial charge in [-0.15, -0.1) is 0 Å². The second-order valence-corrected chi connectivity index (χ2v) is 4.80. The van der Waals surface area contributed by atoms with Crippen LogP contribution in [0.25, 0.3) is 0 Å². The van der Waals surface area contributed by atoms with Gasteiger partial charge in [-0.05, 0) is 38.3 Å². The van der Waals surface area contributed by atoms with Crippen molar-refractivity contribution in [3.63, 3.8) is 0 Å². The van der Waals surface area contributed by atoms with Crippen LogP contribution in [0.2, 0.25) is 0 Å². The number of likely N-dealkylation sites (tertiary alicyclic amines) is 1. The van der Waals surface area contributed by atoms with Gasteiger partial charge >= 0.3 is 5.97 Å². The largest absolute Gasteiger partial charge is 0.478 e. The lowest BCUT2D eigenvalue weighted by molar-refractivity contribution is -0.132. The number of carboxylic acid groups (broad SMARTS) is 1. The topological polar surface area (TPSA) is 83.6 Å². The Kier molecular flexibility index (Phi) is 5.85. The normalized spacial score (nSPS) is 18.8. The summed E-state index contributed by atoms with van der Waals surface area (Å²) in [7, 11) is 0. The highest BCUT2D eigenvalue weighted by atomic mass is 16.4.